The SMILES string of the molecule is CC(C)(C)OC(=O)N[C@@H](Cc1ccc(O)cc1C(=O)C(C)(C)C)C(=O)N1CCC[C@H]1C(=O)OCc1ccccc1. The van der Waals surface area contributed by atoms with Gasteiger partial charge in [0.05, 0.1) is 0 Å². The Kier molecular flexibility index (Phi) is 9.60. The van der Waals surface area contributed by atoms with Crippen LogP contribution in [0.25, 0.3) is 0 Å². The molecule has 0 bridgehead atoms. The van der Waals surface area contributed by atoms with E-state index in [0.29, 0.717) is 24.9 Å². The van der Waals surface area contributed by atoms with Crippen LogP contribution in [0.2, 0.25) is 0 Å². The van der Waals surface area contributed by atoms with Crippen LogP contribution in [0.15, 0.2) is 48.5 Å². The number of likely N-dealkylation sites (tertiary alicyclic amines) is 1. The number of hydrogen-bond acceptors (Lipinski definition) is 7. The topological polar surface area (TPSA) is 122 Å². The first-order valence-corrected chi connectivity index (χ1v) is 13.5. The zero-order valence-corrected chi connectivity index (χ0v) is 24.2. The standard InChI is InChI=1S/C31H40N2O7/c1-30(2,3)26(35)23-18-22(34)15-14-21(23)17-24(32-29(38)40-31(4,5)6)27(36)33-16-10-13-25(33)28(37)39-19-20-11-8-7-9-12-20/h7-9,11-12,14-15,18,24-25,34H,10,13,16-17,19H2,1-6H3,(H,32,38)/t24-,25-/m0/s1. The number of rotatable bonds is 8. The Labute approximate surface area is 235 Å². The molecular formula is C31H40N2O7. The summed E-state index contributed by atoms with van der Waals surface area (Å²) in [6, 6.07) is 11.7. The number of hydrogen-bond donors (Lipinski definition) is 2. The van der Waals surface area contributed by atoms with Crippen molar-refractivity contribution < 1.29 is 33.8 Å². The van der Waals surface area contributed by atoms with Gasteiger partial charge >= 0.3 is 12.1 Å². The van der Waals surface area contributed by atoms with Crippen molar-refractivity contribution in [3.63, 3.8) is 0 Å². The zero-order valence-electron chi connectivity index (χ0n) is 24.2. The number of nitrogens with zero attached hydrogens (tertiary/aromatic N) is 1. The third-order valence-electron chi connectivity index (χ3n) is 6.46. The van der Waals surface area contributed by atoms with Crippen LogP contribution in [0.1, 0.15) is 75.9 Å². The predicted molar refractivity (Wildman–Crippen MR) is 150 cm³/mol. The maximum absolute atomic E-state index is 13.9. The highest BCUT2D eigenvalue weighted by atomic mass is 16.6. The Balaban J connectivity index is 1.87. The molecule has 1 saturated heterocycles. The van der Waals surface area contributed by atoms with Crippen LogP contribution in [0.4, 0.5) is 4.79 Å². The number of ether oxygens (including phenoxy) is 2. The lowest BCUT2D eigenvalue weighted by molar-refractivity contribution is -0.155. The zero-order chi connectivity index (χ0) is 29.7. The van der Waals surface area contributed by atoms with Gasteiger partial charge in [-0.3, -0.25) is 9.59 Å². The van der Waals surface area contributed by atoms with Gasteiger partial charge in [0.1, 0.15) is 30.0 Å². The van der Waals surface area contributed by atoms with Crippen molar-refractivity contribution in [2.24, 2.45) is 5.41 Å². The summed E-state index contributed by atoms with van der Waals surface area (Å²) in [7, 11) is 0. The average molecular weight is 553 g/mol. The molecule has 3 rings (SSSR count). The molecule has 2 aromatic rings. The molecule has 1 aliphatic rings. The number of alkyl carbamates (subject to hydrolysis) is 1. The van der Waals surface area contributed by atoms with Gasteiger partial charge in [0.25, 0.3) is 0 Å². The number of amides is 2. The second-order valence-electron chi connectivity index (χ2n) is 12.1. The monoisotopic (exact) mass is 552 g/mol. The molecule has 2 atom stereocenters. The molecule has 216 valence electrons. The van der Waals surface area contributed by atoms with Crippen molar-refractivity contribution in [3.05, 3.63) is 65.2 Å². The predicted octanol–water partition coefficient (Wildman–Crippen LogP) is 4.79. The van der Waals surface area contributed by atoms with Crippen molar-refractivity contribution >= 4 is 23.8 Å². The van der Waals surface area contributed by atoms with Gasteiger partial charge in [-0.05, 0) is 56.9 Å². The van der Waals surface area contributed by atoms with Crippen molar-refractivity contribution in [2.45, 2.75) is 85.1 Å². The summed E-state index contributed by atoms with van der Waals surface area (Å²) >= 11 is 0. The molecule has 40 heavy (non-hydrogen) atoms. The Bertz CT molecular complexity index is 1230. The summed E-state index contributed by atoms with van der Waals surface area (Å²) in [5, 5.41) is 12.8. The fourth-order valence-electron chi connectivity index (χ4n) is 4.53. The lowest BCUT2D eigenvalue weighted by atomic mass is 9.83. The molecule has 0 radical (unpaired) electrons. The maximum atomic E-state index is 13.9. The highest BCUT2D eigenvalue weighted by Gasteiger charge is 2.39. The van der Waals surface area contributed by atoms with E-state index in [4.69, 9.17) is 9.47 Å². The van der Waals surface area contributed by atoms with Crippen LogP contribution in [0, 0.1) is 5.41 Å². The number of phenolic OH excluding ortho intramolecular Hbond substituents is 1. The number of aromatic hydroxyl groups is 1. The molecule has 0 spiro atoms. The van der Waals surface area contributed by atoms with E-state index in [-0.39, 0.29) is 30.1 Å². The molecule has 9 heteroatoms. The molecular weight excluding hydrogens is 512 g/mol. The van der Waals surface area contributed by atoms with Crippen molar-refractivity contribution in [2.75, 3.05) is 6.54 Å². The minimum atomic E-state index is -1.13. The van der Waals surface area contributed by atoms with Crippen LogP contribution < -0.4 is 5.32 Å². The Morgan fingerprint density at radius 3 is 2.33 bits per heavy atom. The van der Waals surface area contributed by atoms with Crippen molar-refractivity contribution in [1.29, 1.82) is 0 Å². The Hall–Kier alpha value is -3.88. The summed E-state index contributed by atoms with van der Waals surface area (Å²) in [4.78, 5) is 54.3. The molecule has 1 aliphatic heterocycles. The minimum absolute atomic E-state index is 0.0439. The quantitative estimate of drug-likeness (QED) is 0.357. The molecule has 0 aliphatic carbocycles. The van der Waals surface area contributed by atoms with Crippen molar-refractivity contribution in [3.8, 4) is 5.75 Å². The molecule has 0 unspecified atom stereocenters. The van der Waals surface area contributed by atoms with Gasteiger partial charge in [-0.2, -0.15) is 0 Å². The first-order valence-electron chi connectivity index (χ1n) is 13.5. The maximum Gasteiger partial charge on any atom is 0.408 e. The third-order valence-corrected chi connectivity index (χ3v) is 6.46. The normalized spacial score (nSPS) is 16.2. The van der Waals surface area contributed by atoms with Gasteiger partial charge in [0, 0.05) is 23.9 Å². The second kappa shape index (κ2) is 12.5. The van der Waals surface area contributed by atoms with Crippen LogP contribution >= 0.6 is 0 Å². The molecule has 1 heterocycles. The Morgan fingerprint density at radius 2 is 1.70 bits per heavy atom. The number of ketones is 1. The third kappa shape index (κ3) is 8.31. The summed E-state index contributed by atoms with van der Waals surface area (Å²) in [5.41, 5.74) is 0.0233. The van der Waals surface area contributed by atoms with E-state index in [0.717, 1.165) is 5.56 Å². The number of carbonyl (C=O) groups is 4. The van der Waals surface area contributed by atoms with Gasteiger partial charge in [-0.25, -0.2) is 9.59 Å². The number of benzene rings is 2. The van der Waals surface area contributed by atoms with Gasteiger partial charge < -0.3 is 24.8 Å². The highest BCUT2D eigenvalue weighted by Crippen LogP contribution is 2.28. The van der Waals surface area contributed by atoms with Gasteiger partial charge in [-0.15, -0.1) is 0 Å². The van der Waals surface area contributed by atoms with Gasteiger partial charge in [0.15, 0.2) is 5.78 Å². The van der Waals surface area contributed by atoms with E-state index >= 15 is 0 Å². The van der Waals surface area contributed by atoms with Gasteiger partial charge in [0.2, 0.25) is 5.91 Å². The lowest BCUT2D eigenvalue weighted by Gasteiger charge is -2.30. The number of esters is 1. The van der Waals surface area contributed by atoms with Crippen LogP contribution in [-0.4, -0.2) is 58.0 Å². The molecule has 1 fully saturated rings. The summed E-state index contributed by atoms with van der Waals surface area (Å²) in [6.45, 7) is 10.8. The van der Waals surface area contributed by atoms with E-state index in [2.05, 4.69) is 5.32 Å². The summed E-state index contributed by atoms with van der Waals surface area (Å²) in [6.07, 6.45) is 0.197. The van der Waals surface area contributed by atoms with E-state index in [1.807, 2.05) is 30.3 Å². The molecule has 2 amide bonds. The first-order chi connectivity index (χ1) is 18.7. The second-order valence-corrected chi connectivity index (χ2v) is 12.1. The van der Waals surface area contributed by atoms with Crippen LogP contribution in [0.3, 0.4) is 0 Å². The summed E-state index contributed by atoms with van der Waals surface area (Å²) in [5.74, 6) is -1.29. The first kappa shape index (κ1) is 30.7. The van der Waals surface area contributed by atoms with Crippen molar-refractivity contribution in [1.82, 2.24) is 10.2 Å². The lowest BCUT2D eigenvalue weighted by Crippen LogP contribution is -2.53. The highest BCUT2D eigenvalue weighted by molar-refractivity contribution is 6.01. The van der Waals surface area contributed by atoms with E-state index in [9.17, 15) is 24.3 Å². The van der Waals surface area contributed by atoms with Gasteiger partial charge in [-0.1, -0.05) is 57.2 Å². The Morgan fingerprint density at radius 1 is 1.02 bits per heavy atom. The minimum Gasteiger partial charge on any atom is -0.508 e. The molecule has 0 aromatic heterocycles. The largest absolute Gasteiger partial charge is 0.508 e. The number of nitrogens with one attached hydrogen (secondary N) is 1. The van der Waals surface area contributed by atoms with Crippen LogP contribution in [-0.2, 0) is 32.1 Å². The molecule has 2 aromatic carbocycles. The van der Waals surface area contributed by atoms with E-state index in [1.54, 1.807) is 47.6 Å². The fraction of sp³-hybridized carbons (Fsp3) is 0.484. The fourth-order valence-corrected chi connectivity index (χ4v) is 4.53. The smallest absolute Gasteiger partial charge is 0.408 e. The number of phenols is 1. The van der Waals surface area contributed by atoms with E-state index in [1.165, 1.54) is 17.0 Å². The van der Waals surface area contributed by atoms with Crippen LogP contribution in [0.5, 0.6) is 5.75 Å². The molecule has 2 N–H and O–H groups in total. The molecule has 9 nitrogen and oxygen atoms in total. The average Bonchev–Trinajstić information content (AvgIpc) is 3.36. The molecule has 0 saturated carbocycles. The number of carbonyl (C=O) groups excluding carboxylic acids is 4. The number of Topliss-reactive ketones (excluding diaryl/α,β-unsaturated/α-hetero) is 1. The van der Waals surface area contributed by atoms with E-state index < -0.39 is 41.1 Å². The summed E-state index contributed by atoms with van der Waals surface area (Å²) < 4.78 is 10.9.